The minimum atomic E-state index is -0.0135. The molecule has 1 amide bonds. The summed E-state index contributed by atoms with van der Waals surface area (Å²) in [6, 6.07) is 1.79. The summed E-state index contributed by atoms with van der Waals surface area (Å²) in [4.78, 5) is 18.4. The Balaban J connectivity index is 1.80. The summed E-state index contributed by atoms with van der Waals surface area (Å²) in [5, 5.41) is 13.6. The number of aromatic nitrogens is 2. The number of rotatable bonds is 3. The first-order valence-electron chi connectivity index (χ1n) is 6.81. The quantitative estimate of drug-likeness (QED) is 0.915. The van der Waals surface area contributed by atoms with Crippen molar-refractivity contribution in [2.75, 3.05) is 19.7 Å². The summed E-state index contributed by atoms with van der Waals surface area (Å²) in [5.41, 5.74) is 1.76. The molecular formula is C14H17N3O3. The Morgan fingerprint density at radius 3 is 3.25 bits per heavy atom. The fraction of sp³-hybridized carbons (Fsp3) is 0.500. The van der Waals surface area contributed by atoms with Crippen LogP contribution in [-0.2, 0) is 0 Å². The topological polar surface area (TPSA) is 79.5 Å². The zero-order valence-electron chi connectivity index (χ0n) is 11.4. The smallest absolute Gasteiger partial charge is 0.257 e. The van der Waals surface area contributed by atoms with E-state index in [4.69, 9.17) is 9.63 Å². The largest absolute Gasteiger partial charge is 0.396 e. The Labute approximate surface area is 116 Å². The lowest BCUT2D eigenvalue weighted by Crippen LogP contribution is -2.28. The molecule has 0 aromatic carbocycles. The molecule has 0 saturated carbocycles. The van der Waals surface area contributed by atoms with Crippen LogP contribution in [0.1, 0.15) is 28.9 Å². The molecule has 1 aliphatic rings. The minimum absolute atomic E-state index is 0.0135. The number of pyridine rings is 1. The average Bonchev–Trinajstić information content (AvgIpc) is 3.06. The monoisotopic (exact) mass is 275 g/mol. The maximum Gasteiger partial charge on any atom is 0.257 e. The van der Waals surface area contributed by atoms with Gasteiger partial charge < -0.3 is 14.5 Å². The van der Waals surface area contributed by atoms with E-state index in [1.54, 1.807) is 6.07 Å². The molecule has 1 atom stereocenters. The standard InChI is InChI=1S/C14H17N3O3/c1-9-12-6-11(7-15-13(12)20-16-9)14(19)17-4-2-10(8-17)3-5-18/h6-7,10,18H,2-5,8H2,1H3. The van der Waals surface area contributed by atoms with Crippen LogP contribution in [0.3, 0.4) is 0 Å². The Morgan fingerprint density at radius 2 is 2.45 bits per heavy atom. The van der Waals surface area contributed by atoms with E-state index in [0.29, 0.717) is 23.7 Å². The number of fused-ring (bicyclic) bond motifs is 1. The van der Waals surface area contributed by atoms with Crippen LogP contribution in [0.2, 0.25) is 0 Å². The SMILES string of the molecule is Cc1noc2ncc(C(=O)N3CCC(CCO)C3)cc12. The third kappa shape index (κ3) is 2.27. The highest BCUT2D eigenvalue weighted by Gasteiger charge is 2.27. The normalized spacial score (nSPS) is 18.9. The van der Waals surface area contributed by atoms with Gasteiger partial charge >= 0.3 is 0 Å². The maximum atomic E-state index is 12.4. The third-order valence-electron chi connectivity index (χ3n) is 3.87. The van der Waals surface area contributed by atoms with Gasteiger partial charge in [-0.3, -0.25) is 4.79 Å². The van der Waals surface area contributed by atoms with Crippen molar-refractivity contribution in [3.05, 3.63) is 23.5 Å². The van der Waals surface area contributed by atoms with Gasteiger partial charge in [-0.2, -0.15) is 0 Å². The summed E-state index contributed by atoms with van der Waals surface area (Å²) in [6.07, 6.45) is 3.24. The predicted octanol–water partition coefficient (Wildman–Crippen LogP) is 1.38. The molecule has 1 aliphatic heterocycles. The number of hydrogen-bond donors (Lipinski definition) is 1. The third-order valence-corrected chi connectivity index (χ3v) is 3.87. The molecular weight excluding hydrogens is 258 g/mol. The van der Waals surface area contributed by atoms with Crippen molar-refractivity contribution in [3.63, 3.8) is 0 Å². The van der Waals surface area contributed by atoms with Gasteiger partial charge in [-0.15, -0.1) is 0 Å². The van der Waals surface area contributed by atoms with Gasteiger partial charge in [-0.25, -0.2) is 4.98 Å². The van der Waals surface area contributed by atoms with Gasteiger partial charge in [0.15, 0.2) is 0 Å². The van der Waals surface area contributed by atoms with Crippen LogP contribution in [-0.4, -0.2) is 45.8 Å². The van der Waals surface area contributed by atoms with Crippen molar-refractivity contribution in [3.8, 4) is 0 Å². The zero-order valence-corrected chi connectivity index (χ0v) is 11.4. The highest BCUT2D eigenvalue weighted by Crippen LogP contribution is 2.23. The Morgan fingerprint density at radius 1 is 1.60 bits per heavy atom. The van der Waals surface area contributed by atoms with E-state index >= 15 is 0 Å². The van der Waals surface area contributed by atoms with E-state index in [9.17, 15) is 4.79 Å². The van der Waals surface area contributed by atoms with E-state index in [1.165, 1.54) is 6.20 Å². The van der Waals surface area contributed by atoms with Crippen molar-refractivity contribution in [2.24, 2.45) is 5.92 Å². The molecule has 2 aromatic rings. The number of aryl methyl sites for hydroxylation is 1. The number of nitrogens with zero attached hydrogens (tertiary/aromatic N) is 3. The summed E-state index contributed by atoms with van der Waals surface area (Å²) in [7, 11) is 0. The van der Waals surface area contributed by atoms with Gasteiger partial charge in [0, 0.05) is 25.9 Å². The number of hydrogen-bond acceptors (Lipinski definition) is 5. The molecule has 1 saturated heterocycles. The highest BCUT2D eigenvalue weighted by atomic mass is 16.5. The van der Waals surface area contributed by atoms with Gasteiger partial charge in [-0.1, -0.05) is 5.16 Å². The number of aliphatic hydroxyl groups is 1. The van der Waals surface area contributed by atoms with Gasteiger partial charge in [0.25, 0.3) is 11.6 Å². The lowest BCUT2D eigenvalue weighted by Gasteiger charge is -2.16. The van der Waals surface area contributed by atoms with Crippen molar-refractivity contribution < 1.29 is 14.4 Å². The van der Waals surface area contributed by atoms with Crippen molar-refractivity contribution in [1.29, 1.82) is 0 Å². The van der Waals surface area contributed by atoms with E-state index in [-0.39, 0.29) is 12.5 Å². The van der Waals surface area contributed by atoms with Crippen LogP contribution in [0.5, 0.6) is 0 Å². The van der Waals surface area contributed by atoms with Gasteiger partial charge in [0.1, 0.15) is 0 Å². The molecule has 3 rings (SSSR count). The van der Waals surface area contributed by atoms with E-state index in [2.05, 4.69) is 10.1 Å². The lowest BCUT2D eigenvalue weighted by atomic mass is 10.1. The first kappa shape index (κ1) is 13.1. The highest BCUT2D eigenvalue weighted by molar-refractivity contribution is 5.97. The van der Waals surface area contributed by atoms with Crippen LogP contribution in [0, 0.1) is 12.8 Å². The van der Waals surface area contributed by atoms with Crippen molar-refractivity contribution in [1.82, 2.24) is 15.0 Å². The van der Waals surface area contributed by atoms with E-state index in [1.807, 2.05) is 11.8 Å². The van der Waals surface area contributed by atoms with Crippen molar-refractivity contribution >= 4 is 17.0 Å². The summed E-state index contributed by atoms with van der Waals surface area (Å²) in [6.45, 7) is 3.46. The van der Waals surface area contributed by atoms with Crippen LogP contribution in [0.4, 0.5) is 0 Å². The minimum Gasteiger partial charge on any atom is -0.396 e. The first-order valence-corrected chi connectivity index (χ1v) is 6.81. The predicted molar refractivity (Wildman–Crippen MR) is 72.3 cm³/mol. The fourth-order valence-electron chi connectivity index (χ4n) is 2.68. The number of carbonyl (C=O) groups is 1. The summed E-state index contributed by atoms with van der Waals surface area (Å²) >= 11 is 0. The molecule has 6 heteroatoms. The second-order valence-electron chi connectivity index (χ2n) is 5.26. The molecule has 106 valence electrons. The first-order chi connectivity index (χ1) is 9.69. The molecule has 1 fully saturated rings. The van der Waals surface area contributed by atoms with Crippen LogP contribution < -0.4 is 0 Å². The van der Waals surface area contributed by atoms with Gasteiger partial charge in [0.05, 0.1) is 16.6 Å². The fourth-order valence-corrected chi connectivity index (χ4v) is 2.68. The number of likely N-dealkylation sites (tertiary alicyclic amines) is 1. The summed E-state index contributed by atoms with van der Waals surface area (Å²) in [5.74, 6) is 0.387. The molecule has 0 radical (unpaired) electrons. The molecule has 0 spiro atoms. The van der Waals surface area contributed by atoms with Crippen LogP contribution in [0.15, 0.2) is 16.8 Å². The zero-order chi connectivity index (χ0) is 14.1. The van der Waals surface area contributed by atoms with Crippen LogP contribution in [0.25, 0.3) is 11.1 Å². The number of aliphatic hydroxyl groups excluding tert-OH is 1. The summed E-state index contributed by atoms with van der Waals surface area (Å²) < 4.78 is 5.04. The molecule has 3 heterocycles. The number of carbonyl (C=O) groups excluding carboxylic acids is 1. The van der Waals surface area contributed by atoms with Crippen LogP contribution >= 0.6 is 0 Å². The Kier molecular flexibility index (Phi) is 3.40. The second kappa shape index (κ2) is 5.20. The van der Waals surface area contributed by atoms with E-state index < -0.39 is 0 Å². The molecule has 20 heavy (non-hydrogen) atoms. The van der Waals surface area contributed by atoms with E-state index in [0.717, 1.165) is 30.5 Å². The molecule has 1 N–H and O–H groups in total. The molecule has 1 unspecified atom stereocenters. The lowest BCUT2D eigenvalue weighted by molar-refractivity contribution is 0.0784. The molecule has 0 aliphatic carbocycles. The Bertz CT molecular complexity index is 638. The Hall–Kier alpha value is -1.95. The van der Waals surface area contributed by atoms with Gasteiger partial charge in [-0.05, 0) is 31.7 Å². The van der Waals surface area contributed by atoms with Gasteiger partial charge in [0.2, 0.25) is 0 Å². The number of amides is 1. The molecule has 2 aromatic heterocycles. The maximum absolute atomic E-state index is 12.4. The second-order valence-corrected chi connectivity index (χ2v) is 5.26. The average molecular weight is 275 g/mol. The molecule has 6 nitrogen and oxygen atoms in total. The molecule has 0 bridgehead atoms. The van der Waals surface area contributed by atoms with Crippen molar-refractivity contribution in [2.45, 2.75) is 19.8 Å².